The van der Waals surface area contributed by atoms with Crippen LogP contribution in [-0.4, -0.2) is 34.5 Å². The van der Waals surface area contributed by atoms with Gasteiger partial charge >= 0.3 is 0 Å². The summed E-state index contributed by atoms with van der Waals surface area (Å²) in [5, 5.41) is 11.2. The van der Waals surface area contributed by atoms with E-state index in [1.54, 1.807) is 25.3 Å². The van der Waals surface area contributed by atoms with Crippen LogP contribution in [0.3, 0.4) is 0 Å². The van der Waals surface area contributed by atoms with Crippen molar-refractivity contribution < 1.29 is 8.42 Å². The number of hydrogen-bond acceptors (Lipinski definition) is 3. The lowest BCUT2D eigenvalue weighted by Crippen LogP contribution is -2.38. The van der Waals surface area contributed by atoms with Crippen molar-refractivity contribution in [3.8, 4) is 0 Å². The van der Waals surface area contributed by atoms with E-state index >= 15 is 0 Å². The second-order valence-electron chi connectivity index (χ2n) is 4.11. The lowest BCUT2D eigenvalue weighted by atomic mass is 10.1. The van der Waals surface area contributed by atoms with E-state index in [-0.39, 0.29) is 4.90 Å². The van der Waals surface area contributed by atoms with Gasteiger partial charge in [-0.05, 0) is 24.1 Å². The van der Waals surface area contributed by atoms with Crippen LogP contribution in [-0.2, 0) is 16.4 Å². The zero-order valence-electron chi connectivity index (χ0n) is 11.5. The van der Waals surface area contributed by atoms with E-state index in [0.717, 1.165) is 12.0 Å². The smallest absolute Gasteiger partial charge is 0.238 e. The van der Waals surface area contributed by atoms with Crippen LogP contribution >= 0.6 is 0 Å². The summed E-state index contributed by atoms with van der Waals surface area (Å²) in [7, 11) is -1.93. The highest BCUT2D eigenvalue weighted by atomic mass is 32.2. The molecule has 0 saturated heterocycles. The first-order valence-corrected chi connectivity index (χ1v) is 7.69. The van der Waals surface area contributed by atoms with E-state index in [1.807, 2.05) is 0 Å². The first-order chi connectivity index (χ1) is 9.47. The van der Waals surface area contributed by atoms with Crippen molar-refractivity contribution >= 4 is 16.0 Å². The second kappa shape index (κ2) is 7.66. The first kappa shape index (κ1) is 16.2. The molecule has 0 bridgehead atoms. The van der Waals surface area contributed by atoms with E-state index in [9.17, 15) is 8.42 Å². The average Bonchev–Trinajstić information content (AvgIpc) is 2.42. The van der Waals surface area contributed by atoms with Crippen molar-refractivity contribution in [2.45, 2.75) is 11.3 Å². The summed E-state index contributed by atoms with van der Waals surface area (Å²) in [5.41, 5.74) is 1.02. The van der Waals surface area contributed by atoms with E-state index in [0.29, 0.717) is 19.0 Å². The molecular weight excluding hydrogens is 276 g/mol. The van der Waals surface area contributed by atoms with Crippen LogP contribution < -0.4 is 15.8 Å². The molecule has 7 heteroatoms. The zero-order chi connectivity index (χ0) is 15.0. The van der Waals surface area contributed by atoms with Gasteiger partial charge in [0.1, 0.15) is 0 Å². The number of primary sulfonamides is 1. The van der Waals surface area contributed by atoms with Gasteiger partial charge in [0.05, 0.1) is 4.90 Å². The third-order valence-electron chi connectivity index (χ3n) is 2.60. The molecule has 0 aliphatic carbocycles. The predicted octanol–water partition coefficient (Wildman–Crippen LogP) is 0.228. The van der Waals surface area contributed by atoms with E-state index in [2.05, 4.69) is 22.2 Å². The van der Waals surface area contributed by atoms with Crippen molar-refractivity contribution in [1.82, 2.24) is 10.6 Å². The van der Waals surface area contributed by atoms with Crippen molar-refractivity contribution in [3.05, 3.63) is 42.5 Å². The van der Waals surface area contributed by atoms with Crippen LogP contribution in [0.2, 0.25) is 0 Å². The highest BCUT2D eigenvalue weighted by Gasteiger charge is 2.06. The van der Waals surface area contributed by atoms with Gasteiger partial charge in [0, 0.05) is 20.1 Å². The molecule has 0 aromatic heterocycles. The summed E-state index contributed by atoms with van der Waals surface area (Å²) < 4.78 is 22.2. The maximum atomic E-state index is 11.1. The van der Waals surface area contributed by atoms with Gasteiger partial charge in [0.25, 0.3) is 0 Å². The van der Waals surface area contributed by atoms with E-state index < -0.39 is 10.0 Å². The lowest BCUT2D eigenvalue weighted by molar-refractivity contribution is 0.598. The number of guanidine groups is 1. The summed E-state index contributed by atoms with van der Waals surface area (Å²) in [4.78, 5) is 4.18. The van der Waals surface area contributed by atoms with Gasteiger partial charge < -0.3 is 10.6 Å². The van der Waals surface area contributed by atoms with Gasteiger partial charge in [-0.3, -0.25) is 4.99 Å². The number of nitrogens with two attached hydrogens (primary N) is 1. The Bertz CT molecular complexity index is 565. The number of benzene rings is 1. The summed E-state index contributed by atoms with van der Waals surface area (Å²) in [6, 6.07) is 6.52. The Morgan fingerprint density at radius 2 is 2.00 bits per heavy atom. The lowest BCUT2D eigenvalue weighted by Gasteiger charge is -2.10. The van der Waals surface area contributed by atoms with Crippen molar-refractivity contribution in [1.29, 1.82) is 0 Å². The number of sulfonamides is 1. The van der Waals surface area contributed by atoms with Crippen molar-refractivity contribution in [2.24, 2.45) is 10.1 Å². The molecule has 1 rings (SSSR count). The Labute approximate surface area is 119 Å². The molecule has 0 aliphatic rings. The molecule has 4 N–H and O–H groups in total. The molecular formula is C13H20N4O2S. The highest BCUT2D eigenvalue weighted by molar-refractivity contribution is 7.89. The molecule has 20 heavy (non-hydrogen) atoms. The first-order valence-electron chi connectivity index (χ1n) is 6.14. The van der Waals surface area contributed by atoms with Gasteiger partial charge in [0.2, 0.25) is 10.0 Å². The minimum absolute atomic E-state index is 0.123. The van der Waals surface area contributed by atoms with E-state index in [1.165, 1.54) is 12.1 Å². The fourth-order valence-corrected chi connectivity index (χ4v) is 2.08. The van der Waals surface area contributed by atoms with Crippen LogP contribution in [0.25, 0.3) is 0 Å². The maximum Gasteiger partial charge on any atom is 0.238 e. The number of hydrogen-bond donors (Lipinski definition) is 3. The third kappa shape index (κ3) is 5.41. The fourth-order valence-electron chi connectivity index (χ4n) is 1.56. The molecule has 0 fully saturated rings. The van der Waals surface area contributed by atoms with Gasteiger partial charge in [-0.15, -0.1) is 6.58 Å². The number of rotatable bonds is 6. The maximum absolute atomic E-state index is 11.1. The molecule has 1 aromatic carbocycles. The quantitative estimate of drug-likeness (QED) is 0.398. The largest absolute Gasteiger partial charge is 0.356 e. The standard InChI is InChI=1S/C13H20N4O2S/c1-3-9-16-13(15-2)17-10-8-11-4-6-12(7-5-11)20(14,18)19/h3-7H,1,8-10H2,2H3,(H2,14,18,19)(H2,15,16,17). The molecule has 0 amide bonds. The van der Waals surface area contributed by atoms with Crippen molar-refractivity contribution in [2.75, 3.05) is 20.1 Å². The summed E-state index contributed by atoms with van der Waals surface area (Å²) in [5.74, 6) is 0.700. The zero-order valence-corrected chi connectivity index (χ0v) is 12.3. The molecule has 0 spiro atoms. The van der Waals surface area contributed by atoms with Gasteiger partial charge in [-0.1, -0.05) is 18.2 Å². The monoisotopic (exact) mass is 296 g/mol. The topological polar surface area (TPSA) is 96.6 Å². The Morgan fingerprint density at radius 3 is 2.50 bits per heavy atom. The Kier molecular flexibility index (Phi) is 6.20. The summed E-state index contributed by atoms with van der Waals surface area (Å²) in [6.45, 7) is 4.95. The molecule has 0 saturated carbocycles. The fraction of sp³-hybridized carbons (Fsp3) is 0.308. The SMILES string of the molecule is C=CCNC(=NC)NCCc1ccc(S(N)(=O)=O)cc1. The van der Waals surface area contributed by atoms with E-state index in [4.69, 9.17) is 5.14 Å². The average molecular weight is 296 g/mol. The molecule has 6 nitrogen and oxygen atoms in total. The Hall–Kier alpha value is -1.86. The summed E-state index contributed by atoms with van der Waals surface area (Å²) >= 11 is 0. The van der Waals surface area contributed by atoms with Crippen LogP contribution in [0.15, 0.2) is 46.8 Å². The third-order valence-corrected chi connectivity index (χ3v) is 3.52. The highest BCUT2D eigenvalue weighted by Crippen LogP contribution is 2.08. The normalized spacial score (nSPS) is 12.0. The minimum atomic E-state index is -3.62. The van der Waals surface area contributed by atoms with Crippen molar-refractivity contribution in [3.63, 3.8) is 0 Å². The predicted molar refractivity (Wildman–Crippen MR) is 81.1 cm³/mol. The molecule has 0 atom stereocenters. The number of aliphatic imine (C=N–C) groups is 1. The van der Waals surface area contributed by atoms with Crippen LogP contribution in [0.5, 0.6) is 0 Å². The molecule has 0 aliphatic heterocycles. The second-order valence-corrected chi connectivity index (χ2v) is 5.67. The van der Waals surface area contributed by atoms with Gasteiger partial charge in [-0.25, -0.2) is 13.6 Å². The Balaban J connectivity index is 2.48. The van der Waals surface area contributed by atoms with Gasteiger partial charge in [-0.2, -0.15) is 0 Å². The molecule has 0 unspecified atom stereocenters. The van der Waals surface area contributed by atoms with Gasteiger partial charge in [0.15, 0.2) is 5.96 Å². The molecule has 0 radical (unpaired) electrons. The Morgan fingerprint density at radius 1 is 1.35 bits per heavy atom. The van der Waals surface area contributed by atoms with Crippen LogP contribution in [0.1, 0.15) is 5.56 Å². The number of nitrogens with zero attached hydrogens (tertiary/aromatic N) is 1. The summed E-state index contributed by atoms with van der Waals surface area (Å²) in [6.07, 6.45) is 2.50. The molecule has 0 heterocycles. The van der Waals surface area contributed by atoms with Crippen LogP contribution in [0.4, 0.5) is 0 Å². The molecule has 1 aromatic rings. The molecule has 110 valence electrons. The van der Waals surface area contributed by atoms with Crippen LogP contribution in [0, 0.1) is 0 Å². The number of nitrogens with one attached hydrogen (secondary N) is 2. The minimum Gasteiger partial charge on any atom is -0.356 e.